The summed E-state index contributed by atoms with van der Waals surface area (Å²) in [6.45, 7) is 1.79. The first-order chi connectivity index (χ1) is 5.74. The second kappa shape index (κ2) is 3.90. The molecule has 12 heavy (non-hydrogen) atoms. The van der Waals surface area contributed by atoms with Crippen molar-refractivity contribution in [3.8, 4) is 0 Å². The summed E-state index contributed by atoms with van der Waals surface area (Å²) in [5.41, 5.74) is 0.771. The SMILES string of the molecule is COC(=O)C(C)Cc1ccon1. The highest BCUT2D eigenvalue weighted by Crippen LogP contribution is 2.06. The molecule has 1 unspecified atom stereocenters. The molecule has 4 nitrogen and oxygen atoms in total. The summed E-state index contributed by atoms with van der Waals surface area (Å²) < 4.78 is 9.19. The van der Waals surface area contributed by atoms with Gasteiger partial charge in [-0.1, -0.05) is 12.1 Å². The van der Waals surface area contributed by atoms with Crippen LogP contribution in [0.1, 0.15) is 12.6 Å². The molecule has 0 N–H and O–H groups in total. The second-order valence-corrected chi connectivity index (χ2v) is 2.62. The average molecular weight is 169 g/mol. The average Bonchev–Trinajstić information content (AvgIpc) is 2.55. The highest BCUT2D eigenvalue weighted by atomic mass is 16.5. The predicted molar refractivity (Wildman–Crippen MR) is 41.4 cm³/mol. The van der Waals surface area contributed by atoms with E-state index in [0.717, 1.165) is 5.69 Å². The van der Waals surface area contributed by atoms with Gasteiger partial charge in [0.2, 0.25) is 0 Å². The molecule has 0 aliphatic heterocycles. The van der Waals surface area contributed by atoms with Crippen LogP contribution in [-0.4, -0.2) is 18.2 Å². The Hall–Kier alpha value is -1.32. The molecule has 0 bridgehead atoms. The molecule has 0 saturated carbocycles. The van der Waals surface area contributed by atoms with E-state index >= 15 is 0 Å². The van der Waals surface area contributed by atoms with Crippen molar-refractivity contribution in [2.45, 2.75) is 13.3 Å². The molecular weight excluding hydrogens is 158 g/mol. The van der Waals surface area contributed by atoms with E-state index in [1.165, 1.54) is 13.4 Å². The van der Waals surface area contributed by atoms with Crippen LogP contribution < -0.4 is 0 Å². The Morgan fingerprint density at radius 2 is 2.58 bits per heavy atom. The minimum atomic E-state index is -0.224. The molecule has 1 rings (SSSR count). The van der Waals surface area contributed by atoms with Gasteiger partial charge in [-0.25, -0.2) is 0 Å². The van der Waals surface area contributed by atoms with Crippen LogP contribution in [0.3, 0.4) is 0 Å². The lowest BCUT2D eigenvalue weighted by atomic mass is 10.1. The first kappa shape index (κ1) is 8.77. The molecule has 0 aromatic carbocycles. The summed E-state index contributed by atoms with van der Waals surface area (Å²) in [7, 11) is 1.38. The Balaban J connectivity index is 2.47. The third-order valence-electron chi connectivity index (χ3n) is 1.61. The van der Waals surface area contributed by atoms with E-state index in [0.29, 0.717) is 6.42 Å². The predicted octanol–water partition coefficient (Wildman–Crippen LogP) is 1.03. The number of nitrogens with zero attached hydrogens (tertiary/aromatic N) is 1. The van der Waals surface area contributed by atoms with E-state index in [1.807, 2.05) is 0 Å². The van der Waals surface area contributed by atoms with E-state index in [1.54, 1.807) is 13.0 Å². The minimum Gasteiger partial charge on any atom is -0.469 e. The van der Waals surface area contributed by atoms with Crippen LogP contribution in [0.25, 0.3) is 0 Å². The highest BCUT2D eigenvalue weighted by Gasteiger charge is 2.14. The lowest BCUT2D eigenvalue weighted by Gasteiger charge is -2.05. The summed E-state index contributed by atoms with van der Waals surface area (Å²) in [5, 5.41) is 3.69. The van der Waals surface area contributed by atoms with Crippen molar-refractivity contribution in [2.24, 2.45) is 5.92 Å². The van der Waals surface area contributed by atoms with Gasteiger partial charge in [0, 0.05) is 12.5 Å². The lowest BCUT2D eigenvalue weighted by molar-refractivity contribution is -0.144. The smallest absolute Gasteiger partial charge is 0.308 e. The van der Waals surface area contributed by atoms with Crippen molar-refractivity contribution in [3.05, 3.63) is 18.0 Å². The second-order valence-electron chi connectivity index (χ2n) is 2.62. The number of ether oxygens (including phenoxy) is 1. The van der Waals surface area contributed by atoms with Crippen molar-refractivity contribution in [1.82, 2.24) is 5.16 Å². The molecular formula is C8H11NO3. The molecule has 4 heteroatoms. The number of carbonyl (C=O) groups excluding carboxylic acids is 1. The van der Waals surface area contributed by atoms with E-state index < -0.39 is 0 Å². The van der Waals surface area contributed by atoms with Crippen LogP contribution >= 0.6 is 0 Å². The van der Waals surface area contributed by atoms with Gasteiger partial charge in [0.05, 0.1) is 18.7 Å². The van der Waals surface area contributed by atoms with Gasteiger partial charge in [-0.05, 0) is 0 Å². The zero-order chi connectivity index (χ0) is 8.97. The van der Waals surface area contributed by atoms with Gasteiger partial charge >= 0.3 is 5.97 Å². The van der Waals surface area contributed by atoms with Gasteiger partial charge in [0.15, 0.2) is 0 Å². The van der Waals surface area contributed by atoms with E-state index in [2.05, 4.69) is 14.4 Å². The zero-order valence-corrected chi connectivity index (χ0v) is 7.11. The third kappa shape index (κ3) is 2.08. The number of aromatic nitrogens is 1. The van der Waals surface area contributed by atoms with Gasteiger partial charge < -0.3 is 9.26 Å². The molecule has 1 aromatic rings. The summed E-state index contributed by atoms with van der Waals surface area (Å²) in [6.07, 6.45) is 2.04. The largest absolute Gasteiger partial charge is 0.469 e. The topological polar surface area (TPSA) is 52.3 Å². The van der Waals surface area contributed by atoms with Gasteiger partial charge in [0.25, 0.3) is 0 Å². The third-order valence-corrected chi connectivity index (χ3v) is 1.61. The van der Waals surface area contributed by atoms with Crippen LogP contribution in [0.2, 0.25) is 0 Å². The van der Waals surface area contributed by atoms with Crippen LogP contribution in [0, 0.1) is 5.92 Å². The number of methoxy groups -OCH3 is 1. The molecule has 66 valence electrons. The fraction of sp³-hybridized carbons (Fsp3) is 0.500. The summed E-state index contributed by atoms with van der Waals surface area (Å²) in [5.74, 6) is -0.391. The van der Waals surface area contributed by atoms with Gasteiger partial charge in [-0.2, -0.15) is 0 Å². The van der Waals surface area contributed by atoms with Crippen LogP contribution in [0.5, 0.6) is 0 Å². The molecule has 1 heterocycles. The Kier molecular flexibility index (Phi) is 2.85. The fourth-order valence-corrected chi connectivity index (χ4v) is 0.941. The monoisotopic (exact) mass is 169 g/mol. The number of hydrogen-bond donors (Lipinski definition) is 0. The van der Waals surface area contributed by atoms with E-state index in [-0.39, 0.29) is 11.9 Å². The van der Waals surface area contributed by atoms with Crippen molar-refractivity contribution >= 4 is 5.97 Å². The number of rotatable bonds is 3. The van der Waals surface area contributed by atoms with Crippen molar-refractivity contribution < 1.29 is 14.1 Å². The summed E-state index contributed by atoms with van der Waals surface area (Å²) in [6, 6.07) is 1.74. The number of hydrogen-bond acceptors (Lipinski definition) is 4. The molecule has 1 atom stereocenters. The molecule has 0 aliphatic rings. The molecule has 0 amide bonds. The van der Waals surface area contributed by atoms with Crippen molar-refractivity contribution in [3.63, 3.8) is 0 Å². The Labute approximate surface area is 70.5 Å². The Morgan fingerprint density at radius 3 is 3.08 bits per heavy atom. The maximum atomic E-state index is 11.0. The molecule has 0 spiro atoms. The fourth-order valence-electron chi connectivity index (χ4n) is 0.941. The molecule has 0 aliphatic carbocycles. The van der Waals surface area contributed by atoms with Gasteiger partial charge in [0.1, 0.15) is 6.26 Å². The van der Waals surface area contributed by atoms with E-state index in [4.69, 9.17) is 0 Å². The first-order valence-corrected chi connectivity index (χ1v) is 3.71. The van der Waals surface area contributed by atoms with Gasteiger partial charge in [-0.15, -0.1) is 0 Å². The normalized spacial score (nSPS) is 12.5. The molecule has 1 aromatic heterocycles. The van der Waals surface area contributed by atoms with Crippen molar-refractivity contribution in [1.29, 1.82) is 0 Å². The number of carbonyl (C=O) groups is 1. The zero-order valence-electron chi connectivity index (χ0n) is 7.11. The van der Waals surface area contributed by atoms with Crippen LogP contribution in [0.15, 0.2) is 16.9 Å². The first-order valence-electron chi connectivity index (χ1n) is 3.71. The highest BCUT2D eigenvalue weighted by molar-refractivity contribution is 5.72. The minimum absolute atomic E-state index is 0.167. The standard InChI is InChI=1S/C8H11NO3/c1-6(8(10)11-2)5-7-3-4-12-9-7/h3-4,6H,5H2,1-2H3. The lowest BCUT2D eigenvalue weighted by Crippen LogP contribution is -2.15. The Bertz CT molecular complexity index is 243. The Morgan fingerprint density at radius 1 is 1.83 bits per heavy atom. The van der Waals surface area contributed by atoms with Crippen LogP contribution in [-0.2, 0) is 16.0 Å². The summed E-state index contributed by atoms with van der Waals surface area (Å²) in [4.78, 5) is 11.0. The summed E-state index contributed by atoms with van der Waals surface area (Å²) >= 11 is 0. The van der Waals surface area contributed by atoms with E-state index in [9.17, 15) is 4.79 Å². The molecule has 0 saturated heterocycles. The van der Waals surface area contributed by atoms with Crippen LogP contribution in [0.4, 0.5) is 0 Å². The maximum Gasteiger partial charge on any atom is 0.308 e. The van der Waals surface area contributed by atoms with Gasteiger partial charge in [-0.3, -0.25) is 4.79 Å². The number of esters is 1. The quantitative estimate of drug-likeness (QED) is 0.634. The van der Waals surface area contributed by atoms with Crippen molar-refractivity contribution in [2.75, 3.05) is 7.11 Å². The molecule has 0 fully saturated rings. The maximum absolute atomic E-state index is 11.0. The molecule has 0 radical (unpaired) electrons.